The van der Waals surface area contributed by atoms with Gasteiger partial charge >= 0.3 is 0 Å². The highest BCUT2D eigenvalue weighted by atomic mass is 16.1. The van der Waals surface area contributed by atoms with Gasteiger partial charge in [-0.25, -0.2) is 0 Å². The Morgan fingerprint density at radius 1 is 1.60 bits per heavy atom. The fraction of sp³-hybridized carbons (Fsp3) is 0.625. The molecule has 0 saturated carbocycles. The predicted octanol–water partition coefficient (Wildman–Crippen LogP) is 2.03. The van der Waals surface area contributed by atoms with Gasteiger partial charge in [0.05, 0.1) is 0 Å². The minimum absolute atomic E-state index is 0.152. The maximum absolute atomic E-state index is 12.0. The number of hydrogen-bond acceptors (Lipinski definition) is 3. The first-order chi connectivity index (χ1) is 9.66. The van der Waals surface area contributed by atoms with E-state index in [1.807, 2.05) is 19.2 Å². The van der Waals surface area contributed by atoms with Crippen LogP contribution in [0, 0.1) is 18.8 Å². The molecule has 20 heavy (non-hydrogen) atoms. The molecule has 1 aromatic heterocycles. The summed E-state index contributed by atoms with van der Waals surface area (Å²) in [5.74, 6) is 1.23. The van der Waals surface area contributed by atoms with Crippen molar-refractivity contribution >= 4 is 5.91 Å². The van der Waals surface area contributed by atoms with Crippen LogP contribution in [0.2, 0.25) is 0 Å². The van der Waals surface area contributed by atoms with Crippen molar-refractivity contribution in [1.82, 2.24) is 15.6 Å². The van der Waals surface area contributed by atoms with Crippen molar-refractivity contribution in [2.24, 2.45) is 11.8 Å². The summed E-state index contributed by atoms with van der Waals surface area (Å²) in [6.45, 7) is 6.98. The third-order valence-corrected chi connectivity index (χ3v) is 4.26. The zero-order valence-corrected chi connectivity index (χ0v) is 12.5. The molecule has 0 spiro atoms. The SMILES string of the molecule is Cc1cnccc1CNC(=O)CC(C)C1CCCNC1. The van der Waals surface area contributed by atoms with Gasteiger partial charge in [-0.1, -0.05) is 6.92 Å². The minimum Gasteiger partial charge on any atom is -0.352 e. The maximum atomic E-state index is 12.0. The average Bonchev–Trinajstić information content (AvgIpc) is 2.47. The summed E-state index contributed by atoms with van der Waals surface area (Å²) in [6, 6.07) is 1.96. The molecular weight excluding hydrogens is 250 g/mol. The van der Waals surface area contributed by atoms with Crippen LogP contribution in [0.5, 0.6) is 0 Å². The van der Waals surface area contributed by atoms with Crippen LogP contribution in [0.1, 0.15) is 37.3 Å². The Morgan fingerprint density at radius 2 is 2.45 bits per heavy atom. The Labute approximate surface area is 121 Å². The summed E-state index contributed by atoms with van der Waals surface area (Å²) in [6.07, 6.45) is 6.69. The third kappa shape index (κ3) is 4.30. The van der Waals surface area contributed by atoms with Crippen LogP contribution < -0.4 is 10.6 Å². The zero-order valence-electron chi connectivity index (χ0n) is 12.5. The first-order valence-electron chi connectivity index (χ1n) is 7.53. The fourth-order valence-electron chi connectivity index (χ4n) is 2.79. The van der Waals surface area contributed by atoms with Crippen molar-refractivity contribution < 1.29 is 4.79 Å². The predicted molar refractivity (Wildman–Crippen MR) is 80.2 cm³/mol. The summed E-state index contributed by atoms with van der Waals surface area (Å²) in [5.41, 5.74) is 2.26. The molecule has 110 valence electrons. The van der Waals surface area contributed by atoms with Gasteiger partial charge in [0, 0.05) is 25.4 Å². The number of carbonyl (C=O) groups excluding carboxylic acids is 1. The highest BCUT2D eigenvalue weighted by molar-refractivity contribution is 5.76. The van der Waals surface area contributed by atoms with Gasteiger partial charge < -0.3 is 10.6 Å². The second-order valence-electron chi connectivity index (χ2n) is 5.87. The van der Waals surface area contributed by atoms with E-state index in [1.165, 1.54) is 12.8 Å². The van der Waals surface area contributed by atoms with Crippen LogP contribution in [0.3, 0.4) is 0 Å². The highest BCUT2D eigenvalue weighted by Crippen LogP contribution is 2.22. The summed E-state index contributed by atoms with van der Waals surface area (Å²) in [5, 5.41) is 6.44. The molecule has 2 rings (SSSR count). The van der Waals surface area contributed by atoms with Crippen LogP contribution in [0.25, 0.3) is 0 Å². The van der Waals surface area contributed by atoms with E-state index in [4.69, 9.17) is 0 Å². The van der Waals surface area contributed by atoms with E-state index in [-0.39, 0.29) is 5.91 Å². The first kappa shape index (κ1) is 15.0. The van der Waals surface area contributed by atoms with Crippen molar-refractivity contribution in [1.29, 1.82) is 0 Å². The molecule has 4 heteroatoms. The second kappa shape index (κ2) is 7.39. The first-order valence-corrected chi connectivity index (χ1v) is 7.53. The van der Waals surface area contributed by atoms with Crippen LogP contribution in [0.15, 0.2) is 18.5 Å². The molecule has 1 aliphatic rings. The van der Waals surface area contributed by atoms with Gasteiger partial charge in [0.25, 0.3) is 0 Å². The number of rotatable bonds is 5. The molecule has 1 fully saturated rings. The molecule has 0 radical (unpaired) electrons. The molecule has 2 N–H and O–H groups in total. The van der Waals surface area contributed by atoms with Gasteiger partial charge in [-0.05, 0) is 61.9 Å². The normalized spacial score (nSPS) is 20.4. The number of nitrogens with zero attached hydrogens (tertiary/aromatic N) is 1. The zero-order chi connectivity index (χ0) is 14.4. The van der Waals surface area contributed by atoms with E-state index in [1.54, 1.807) is 6.20 Å². The van der Waals surface area contributed by atoms with E-state index >= 15 is 0 Å². The van der Waals surface area contributed by atoms with Crippen LogP contribution >= 0.6 is 0 Å². The molecule has 1 aliphatic heterocycles. The Kier molecular flexibility index (Phi) is 5.53. The number of aromatic nitrogens is 1. The number of nitrogens with one attached hydrogen (secondary N) is 2. The lowest BCUT2D eigenvalue weighted by atomic mass is 9.85. The molecule has 0 aromatic carbocycles. The largest absolute Gasteiger partial charge is 0.352 e. The van der Waals surface area contributed by atoms with E-state index in [0.29, 0.717) is 24.8 Å². The monoisotopic (exact) mass is 275 g/mol. The molecule has 1 amide bonds. The number of hydrogen-bond donors (Lipinski definition) is 2. The van der Waals surface area contributed by atoms with Crippen LogP contribution in [0.4, 0.5) is 0 Å². The van der Waals surface area contributed by atoms with Crippen LogP contribution in [-0.2, 0) is 11.3 Å². The van der Waals surface area contributed by atoms with Gasteiger partial charge in [-0.2, -0.15) is 0 Å². The molecule has 0 aliphatic carbocycles. The Bertz CT molecular complexity index is 441. The van der Waals surface area contributed by atoms with E-state index in [2.05, 4.69) is 22.5 Å². The van der Waals surface area contributed by atoms with Gasteiger partial charge in [-0.3, -0.25) is 9.78 Å². The highest BCUT2D eigenvalue weighted by Gasteiger charge is 2.21. The molecule has 4 nitrogen and oxygen atoms in total. The third-order valence-electron chi connectivity index (χ3n) is 4.26. The van der Waals surface area contributed by atoms with Crippen molar-refractivity contribution in [3.05, 3.63) is 29.6 Å². The molecule has 2 heterocycles. The van der Waals surface area contributed by atoms with Crippen LogP contribution in [-0.4, -0.2) is 24.0 Å². The lowest BCUT2D eigenvalue weighted by Crippen LogP contribution is -2.35. The Morgan fingerprint density at radius 3 is 3.15 bits per heavy atom. The Hall–Kier alpha value is -1.42. The number of amides is 1. The molecule has 2 unspecified atom stereocenters. The maximum Gasteiger partial charge on any atom is 0.220 e. The Balaban J connectivity index is 1.76. The second-order valence-corrected chi connectivity index (χ2v) is 5.87. The average molecular weight is 275 g/mol. The summed E-state index contributed by atoms with van der Waals surface area (Å²) >= 11 is 0. The van der Waals surface area contributed by atoms with Crippen molar-refractivity contribution in [3.63, 3.8) is 0 Å². The summed E-state index contributed by atoms with van der Waals surface area (Å²) in [4.78, 5) is 16.1. The standard InChI is InChI=1S/C16H25N3O/c1-12(14-4-3-6-17-10-14)8-16(20)19-11-15-5-7-18-9-13(15)2/h5,7,9,12,14,17H,3-4,6,8,10-11H2,1-2H3,(H,19,20). The minimum atomic E-state index is 0.152. The van der Waals surface area contributed by atoms with Gasteiger partial charge in [0.15, 0.2) is 0 Å². The fourth-order valence-corrected chi connectivity index (χ4v) is 2.79. The van der Waals surface area contributed by atoms with Crippen molar-refractivity contribution in [3.8, 4) is 0 Å². The van der Waals surface area contributed by atoms with E-state index in [0.717, 1.165) is 24.2 Å². The van der Waals surface area contributed by atoms with Gasteiger partial charge in [0.1, 0.15) is 0 Å². The molecule has 2 atom stereocenters. The van der Waals surface area contributed by atoms with Crippen molar-refractivity contribution in [2.45, 2.75) is 39.7 Å². The molecule has 1 saturated heterocycles. The number of piperidine rings is 1. The number of carbonyl (C=O) groups is 1. The van der Waals surface area contributed by atoms with Crippen molar-refractivity contribution in [2.75, 3.05) is 13.1 Å². The van der Waals surface area contributed by atoms with Gasteiger partial charge in [0.2, 0.25) is 5.91 Å². The summed E-state index contributed by atoms with van der Waals surface area (Å²) in [7, 11) is 0. The quantitative estimate of drug-likeness (QED) is 0.864. The number of aryl methyl sites for hydroxylation is 1. The lowest BCUT2D eigenvalue weighted by Gasteiger charge is -2.28. The summed E-state index contributed by atoms with van der Waals surface area (Å²) < 4.78 is 0. The lowest BCUT2D eigenvalue weighted by molar-refractivity contribution is -0.122. The molecule has 1 aromatic rings. The van der Waals surface area contributed by atoms with E-state index in [9.17, 15) is 4.79 Å². The number of pyridine rings is 1. The molecule has 0 bridgehead atoms. The van der Waals surface area contributed by atoms with E-state index < -0.39 is 0 Å². The van der Waals surface area contributed by atoms with Gasteiger partial charge in [-0.15, -0.1) is 0 Å². The molecular formula is C16H25N3O. The topological polar surface area (TPSA) is 54.0 Å². The smallest absolute Gasteiger partial charge is 0.220 e.